The summed E-state index contributed by atoms with van der Waals surface area (Å²) in [5.74, 6) is -0.318. The number of rotatable bonds is 11. The number of H-pyrrole nitrogens is 1. The predicted molar refractivity (Wildman–Crippen MR) is 176 cm³/mol. The molecule has 220 valence electrons. The van der Waals surface area contributed by atoms with Gasteiger partial charge in [-0.1, -0.05) is 91.0 Å². The van der Waals surface area contributed by atoms with Crippen LogP contribution < -0.4 is 10.1 Å². The lowest BCUT2D eigenvalue weighted by Gasteiger charge is -2.12. The number of benzene rings is 5. The molecule has 0 fully saturated rings. The van der Waals surface area contributed by atoms with Crippen molar-refractivity contribution in [1.29, 1.82) is 0 Å². The lowest BCUT2D eigenvalue weighted by atomic mass is 9.95. The Morgan fingerprint density at radius 3 is 2.39 bits per heavy atom. The molecule has 0 aliphatic carbocycles. The zero-order valence-corrected chi connectivity index (χ0v) is 24.6. The van der Waals surface area contributed by atoms with Crippen molar-refractivity contribution in [1.82, 2.24) is 10.3 Å². The lowest BCUT2D eigenvalue weighted by molar-refractivity contribution is 0.0690. The van der Waals surface area contributed by atoms with Gasteiger partial charge >= 0.3 is 5.97 Å². The van der Waals surface area contributed by atoms with Crippen LogP contribution >= 0.6 is 0 Å². The van der Waals surface area contributed by atoms with Gasteiger partial charge in [0, 0.05) is 28.4 Å². The number of carbonyl (C=O) groups is 2. The summed E-state index contributed by atoms with van der Waals surface area (Å²) in [7, 11) is 0. The maximum Gasteiger partial charge on any atom is 0.352 e. The minimum atomic E-state index is -1.000. The van der Waals surface area contributed by atoms with Crippen molar-refractivity contribution < 1.29 is 19.4 Å². The molecule has 1 heterocycles. The molecule has 0 spiro atoms. The quantitative estimate of drug-likeness (QED) is 0.135. The number of aryl methyl sites for hydroxylation is 2. The smallest absolute Gasteiger partial charge is 0.352 e. The average molecular weight is 583 g/mol. The first-order chi connectivity index (χ1) is 21.5. The van der Waals surface area contributed by atoms with E-state index in [-0.39, 0.29) is 11.6 Å². The van der Waals surface area contributed by atoms with Crippen LogP contribution in [0.4, 0.5) is 0 Å². The van der Waals surface area contributed by atoms with Gasteiger partial charge < -0.3 is 20.1 Å². The number of ether oxygens (including phenoxy) is 1. The third-order valence-electron chi connectivity index (χ3n) is 8.07. The molecule has 0 atom stereocenters. The van der Waals surface area contributed by atoms with E-state index in [1.807, 2.05) is 104 Å². The Bertz CT molecular complexity index is 1950. The molecule has 0 bridgehead atoms. The van der Waals surface area contributed by atoms with Crippen LogP contribution in [0.2, 0.25) is 0 Å². The van der Waals surface area contributed by atoms with E-state index in [0.717, 1.165) is 56.1 Å². The fraction of sp³-hybridized carbons (Fsp3) is 0.158. The Balaban J connectivity index is 1.22. The number of aromatic carboxylic acids is 1. The Morgan fingerprint density at radius 1 is 0.795 bits per heavy atom. The van der Waals surface area contributed by atoms with Crippen LogP contribution in [0.3, 0.4) is 0 Å². The van der Waals surface area contributed by atoms with Crippen LogP contribution in [-0.4, -0.2) is 35.1 Å². The first kappa shape index (κ1) is 28.7. The summed E-state index contributed by atoms with van der Waals surface area (Å²) >= 11 is 0. The zero-order valence-electron chi connectivity index (χ0n) is 24.6. The van der Waals surface area contributed by atoms with Crippen molar-refractivity contribution in [3.63, 3.8) is 0 Å². The van der Waals surface area contributed by atoms with Crippen molar-refractivity contribution in [3.8, 4) is 16.9 Å². The molecule has 1 aromatic heterocycles. The number of amides is 1. The van der Waals surface area contributed by atoms with Gasteiger partial charge in [-0.15, -0.1) is 0 Å². The fourth-order valence-corrected chi connectivity index (χ4v) is 5.81. The molecule has 5 aromatic carbocycles. The van der Waals surface area contributed by atoms with Gasteiger partial charge in [0.1, 0.15) is 11.4 Å². The van der Waals surface area contributed by atoms with E-state index in [1.54, 1.807) is 0 Å². The van der Waals surface area contributed by atoms with E-state index in [1.165, 1.54) is 5.56 Å². The minimum absolute atomic E-state index is 0.140. The Hall–Kier alpha value is -5.36. The second-order valence-electron chi connectivity index (χ2n) is 11.0. The van der Waals surface area contributed by atoms with Crippen LogP contribution in [0.5, 0.6) is 5.75 Å². The highest BCUT2D eigenvalue weighted by Gasteiger charge is 2.20. The number of nitrogens with one attached hydrogen (secondary N) is 2. The van der Waals surface area contributed by atoms with E-state index in [4.69, 9.17) is 4.74 Å². The number of carboxylic acid groups (broad SMARTS) is 1. The van der Waals surface area contributed by atoms with Crippen molar-refractivity contribution in [3.05, 3.63) is 137 Å². The molecule has 0 radical (unpaired) electrons. The Morgan fingerprint density at radius 2 is 1.55 bits per heavy atom. The van der Waals surface area contributed by atoms with Crippen LogP contribution in [0.25, 0.3) is 32.8 Å². The van der Waals surface area contributed by atoms with Gasteiger partial charge in [0.2, 0.25) is 0 Å². The highest BCUT2D eigenvalue weighted by molar-refractivity contribution is 6.04. The summed E-state index contributed by atoms with van der Waals surface area (Å²) < 4.78 is 6.13. The zero-order chi connectivity index (χ0) is 30.5. The fourth-order valence-electron chi connectivity index (χ4n) is 5.81. The Kier molecular flexibility index (Phi) is 8.41. The monoisotopic (exact) mass is 582 g/mol. The lowest BCUT2D eigenvalue weighted by Crippen LogP contribution is -2.25. The summed E-state index contributed by atoms with van der Waals surface area (Å²) in [6.07, 6.45) is 1.94. The van der Waals surface area contributed by atoms with E-state index in [0.29, 0.717) is 31.6 Å². The number of hydrogen-bond acceptors (Lipinski definition) is 3. The second kappa shape index (κ2) is 12.9. The molecule has 3 N–H and O–H groups in total. The molecule has 0 saturated carbocycles. The van der Waals surface area contributed by atoms with Gasteiger partial charge in [-0.25, -0.2) is 4.79 Å². The molecule has 0 aliphatic rings. The van der Waals surface area contributed by atoms with Gasteiger partial charge in [0.25, 0.3) is 5.91 Å². The van der Waals surface area contributed by atoms with Gasteiger partial charge in [-0.3, -0.25) is 4.79 Å². The standard InChI is InChI=1S/C38H34N2O4/c1-25-19-20-28(37(41)39-22-21-26-10-3-2-4-11-26)24-33(25)32-16-8-15-30-31(36(38(42)43)40-35(30)32)17-9-23-44-34-18-7-13-27-12-5-6-14-29(27)34/h2-8,10-16,18-20,24,40H,9,17,21-23H2,1H3,(H,39,41)(H,42,43). The van der Waals surface area contributed by atoms with Crippen LogP contribution in [-0.2, 0) is 12.8 Å². The first-order valence-electron chi connectivity index (χ1n) is 14.9. The van der Waals surface area contributed by atoms with Crippen LogP contribution in [0.15, 0.2) is 109 Å². The van der Waals surface area contributed by atoms with E-state index < -0.39 is 5.97 Å². The van der Waals surface area contributed by atoms with Gasteiger partial charge in [-0.05, 0) is 72.0 Å². The van der Waals surface area contributed by atoms with E-state index >= 15 is 0 Å². The van der Waals surface area contributed by atoms with Crippen LogP contribution in [0.1, 0.15) is 44.0 Å². The van der Waals surface area contributed by atoms with Gasteiger partial charge in [0.05, 0.1) is 12.1 Å². The summed E-state index contributed by atoms with van der Waals surface area (Å²) in [4.78, 5) is 28.6. The maximum absolute atomic E-state index is 13.1. The SMILES string of the molecule is Cc1ccc(C(=O)NCCc2ccccc2)cc1-c1cccc2c(CCCOc3cccc4ccccc34)c(C(=O)O)[nH]c12. The molecule has 6 heteroatoms. The summed E-state index contributed by atoms with van der Waals surface area (Å²) in [5.41, 5.74) is 6.16. The third kappa shape index (κ3) is 6.06. The number of carboxylic acids is 1. The number of aromatic nitrogens is 1. The number of hydrogen-bond donors (Lipinski definition) is 3. The van der Waals surface area contributed by atoms with Gasteiger partial charge in [0.15, 0.2) is 0 Å². The summed E-state index contributed by atoms with van der Waals surface area (Å²) in [6, 6.07) is 35.7. The van der Waals surface area contributed by atoms with Crippen molar-refractivity contribution in [2.45, 2.75) is 26.2 Å². The average Bonchev–Trinajstić information content (AvgIpc) is 3.43. The largest absolute Gasteiger partial charge is 0.493 e. The summed E-state index contributed by atoms with van der Waals surface area (Å²) in [5, 5.41) is 16.2. The molecular weight excluding hydrogens is 548 g/mol. The normalized spacial score (nSPS) is 11.1. The molecule has 6 nitrogen and oxygen atoms in total. The topological polar surface area (TPSA) is 91.4 Å². The molecule has 0 saturated heterocycles. The van der Waals surface area contributed by atoms with E-state index in [2.05, 4.69) is 22.4 Å². The number of carbonyl (C=O) groups excluding carboxylic acids is 1. The van der Waals surface area contributed by atoms with Crippen molar-refractivity contribution in [2.24, 2.45) is 0 Å². The first-order valence-corrected chi connectivity index (χ1v) is 14.9. The van der Waals surface area contributed by atoms with Crippen molar-refractivity contribution in [2.75, 3.05) is 13.2 Å². The molecular formula is C38H34N2O4. The number of para-hydroxylation sites is 1. The molecule has 1 amide bonds. The maximum atomic E-state index is 13.1. The second-order valence-corrected chi connectivity index (χ2v) is 11.0. The summed E-state index contributed by atoms with van der Waals surface area (Å²) in [6.45, 7) is 2.99. The van der Waals surface area contributed by atoms with E-state index in [9.17, 15) is 14.7 Å². The molecule has 0 unspecified atom stereocenters. The predicted octanol–water partition coefficient (Wildman–Crippen LogP) is 7.98. The Labute approximate surface area is 256 Å². The molecule has 0 aliphatic heterocycles. The minimum Gasteiger partial charge on any atom is -0.493 e. The number of fused-ring (bicyclic) bond motifs is 2. The molecule has 44 heavy (non-hydrogen) atoms. The van der Waals surface area contributed by atoms with Gasteiger partial charge in [-0.2, -0.15) is 0 Å². The number of aromatic amines is 1. The van der Waals surface area contributed by atoms with Crippen molar-refractivity contribution >= 4 is 33.6 Å². The molecule has 6 aromatic rings. The highest BCUT2D eigenvalue weighted by Crippen LogP contribution is 2.35. The third-order valence-corrected chi connectivity index (χ3v) is 8.07. The molecule has 6 rings (SSSR count). The van der Waals surface area contributed by atoms with Crippen LogP contribution in [0, 0.1) is 6.92 Å². The highest BCUT2D eigenvalue weighted by atomic mass is 16.5.